The van der Waals surface area contributed by atoms with Gasteiger partial charge in [0.2, 0.25) is 0 Å². The van der Waals surface area contributed by atoms with E-state index in [1.807, 2.05) is 0 Å². The minimum Gasteiger partial charge on any atom is -0.507 e. The van der Waals surface area contributed by atoms with Gasteiger partial charge >= 0.3 is 5.97 Å². The van der Waals surface area contributed by atoms with Crippen molar-refractivity contribution in [3.05, 3.63) is 28.2 Å². The molecule has 0 radical (unpaired) electrons. The number of aliphatic carboxylic acids is 1. The number of hydrogen-bond donors (Lipinski definition) is 2. The van der Waals surface area contributed by atoms with Gasteiger partial charge in [-0.2, -0.15) is 0 Å². The van der Waals surface area contributed by atoms with E-state index in [0.717, 1.165) is 0 Å². The third kappa shape index (κ3) is 2.87. The van der Waals surface area contributed by atoms with Crippen molar-refractivity contribution >= 4 is 27.8 Å². The van der Waals surface area contributed by atoms with Crippen LogP contribution in [0.25, 0.3) is 0 Å². The van der Waals surface area contributed by atoms with Gasteiger partial charge in [-0.15, -0.1) is 0 Å². The monoisotopic (exact) mass is 329 g/mol. The molecular formula is C12H12BrNO5. The lowest BCUT2D eigenvalue weighted by Crippen LogP contribution is -2.52. The van der Waals surface area contributed by atoms with Gasteiger partial charge < -0.3 is 19.8 Å². The number of carboxylic acid groups (broad SMARTS) is 1. The summed E-state index contributed by atoms with van der Waals surface area (Å²) >= 11 is 3.12. The van der Waals surface area contributed by atoms with E-state index in [-0.39, 0.29) is 24.5 Å². The average Bonchev–Trinajstić information content (AvgIpc) is 2.41. The molecule has 0 spiro atoms. The number of hydrogen-bond acceptors (Lipinski definition) is 4. The number of phenols is 1. The zero-order chi connectivity index (χ0) is 14.0. The number of aromatic hydroxyl groups is 1. The second-order valence-electron chi connectivity index (χ2n) is 4.09. The van der Waals surface area contributed by atoms with Crippen LogP contribution in [0.1, 0.15) is 10.4 Å². The number of halogens is 1. The van der Waals surface area contributed by atoms with Gasteiger partial charge in [0.05, 0.1) is 17.7 Å². The van der Waals surface area contributed by atoms with E-state index < -0.39 is 17.9 Å². The van der Waals surface area contributed by atoms with E-state index in [1.54, 1.807) is 6.07 Å². The minimum absolute atomic E-state index is 0.0242. The number of benzene rings is 1. The number of morpholine rings is 1. The van der Waals surface area contributed by atoms with Gasteiger partial charge in [0.15, 0.2) is 6.04 Å². The fourth-order valence-electron chi connectivity index (χ4n) is 1.86. The summed E-state index contributed by atoms with van der Waals surface area (Å²) in [4.78, 5) is 24.6. The molecule has 6 nitrogen and oxygen atoms in total. The molecule has 1 aromatic carbocycles. The summed E-state index contributed by atoms with van der Waals surface area (Å²) in [6.45, 7) is 0.494. The van der Waals surface area contributed by atoms with E-state index in [1.165, 1.54) is 17.0 Å². The van der Waals surface area contributed by atoms with Gasteiger partial charge in [-0.3, -0.25) is 4.79 Å². The number of ether oxygens (including phenoxy) is 1. The molecule has 0 bridgehead atoms. The van der Waals surface area contributed by atoms with Crippen molar-refractivity contribution in [1.29, 1.82) is 0 Å². The van der Waals surface area contributed by atoms with E-state index in [2.05, 4.69) is 15.9 Å². The Kier molecular flexibility index (Phi) is 4.06. The number of carboxylic acids is 1. The number of rotatable bonds is 2. The predicted octanol–water partition coefficient (Wildman–Crippen LogP) is 1.08. The maximum Gasteiger partial charge on any atom is 0.328 e. The van der Waals surface area contributed by atoms with Gasteiger partial charge in [0, 0.05) is 12.1 Å². The average molecular weight is 330 g/mol. The lowest BCUT2D eigenvalue weighted by atomic mass is 10.1. The highest BCUT2D eigenvalue weighted by molar-refractivity contribution is 9.10. The first-order valence-corrected chi connectivity index (χ1v) is 6.40. The molecule has 1 heterocycles. The summed E-state index contributed by atoms with van der Waals surface area (Å²) in [7, 11) is 0. The Morgan fingerprint density at radius 1 is 1.42 bits per heavy atom. The van der Waals surface area contributed by atoms with E-state index in [9.17, 15) is 14.7 Å². The fraction of sp³-hybridized carbons (Fsp3) is 0.333. The second-order valence-corrected chi connectivity index (χ2v) is 4.95. The van der Waals surface area contributed by atoms with Crippen LogP contribution in [0.4, 0.5) is 0 Å². The second kappa shape index (κ2) is 5.58. The summed E-state index contributed by atoms with van der Waals surface area (Å²) in [6, 6.07) is 3.38. The van der Waals surface area contributed by atoms with Crippen LogP contribution in [-0.2, 0) is 9.53 Å². The van der Waals surface area contributed by atoms with E-state index >= 15 is 0 Å². The van der Waals surface area contributed by atoms with Crippen molar-refractivity contribution in [3.63, 3.8) is 0 Å². The van der Waals surface area contributed by atoms with Crippen LogP contribution in [0.15, 0.2) is 22.7 Å². The van der Waals surface area contributed by atoms with Crippen LogP contribution < -0.4 is 0 Å². The molecule has 2 N–H and O–H groups in total. The molecule has 102 valence electrons. The van der Waals surface area contributed by atoms with Crippen molar-refractivity contribution in [2.24, 2.45) is 0 Å². The highest BCUT2D eigenvalue weighted by atomic mass is 79.9. The van der Waals surface area contributed by atoms with Crippen molar-refractivity contribution in [2.45, 2.75) is 6.04 Å². The van der Waals surface area contributed by atoms with Gasteiger partial charge in [0.25, 0.3) is 5.91 Å². The third-order valence-corrected chi connectivity index (χ3v) is 3.54. The zero-order valence-electron chi connectivity index (χ0n) is 9.88. The quantitative estimate of drug-likeness (QED) is 0.847. The summed E-state index contributed by atoms with van der Waals surface area (Å²) in [5.41, 5.74) is 0.244. The van der Waals surface area contributed by atoms with Crippen molar-refractivity contribution in [1.82, 2.24) is 4.90 Å². The molecule has 7 heteroatoms. The minimum atomic E-state index is -1.10. The number of carbonyl (C=O) groups excluding carboxylic acids is 1. The lowest BCUT2D eigenvalue weighted by molar-refractivity contribution is -0.147. The summed E-state index contributed by atoms with van der Waals surface area (Å²) in [5, 5.41) is 18.6. The molecule has 1 aromatic rings. The first-order valence-electron chi connectivity index (χ1n) is 5.60. The van der Waals surface area contributed by atoms with Crippen LogP contribution in [0, 0.1) is 0 Å². The predicted molar refractivity (Wildman–Crippen MR) is 69.1 cm³/mol. The molecule has 1 atom stereocenters. The highest BCUT2D eigenvalue weighted by Crippen LogP contribution is 2.25. The molecular weight excluding hydrogens is 318 g/mol. The van der Waals surface area contributed by atoms with Crippen molar-refractivity contribution in [3.8, 4) is 5.75 Å². The van der Waals surface area contributed by atoms with Gasteiger partial charge in [-0.1, -0.05) is 0 Å². The first kappa shape index (κ1) is 13.8. The molecule has 1 fully saturated rings. The molecule has 0 saturated carbocycles. The summed E-state index contributed by atoms with van der Waals surface area (Å²) < 4.78 is 5.54. The number of amides is 1. The Morgan fingerprint density at radius 2 is 2.16 bits per heavy atom. The molecule has 0 aliphatic carbocycles. The Balaban J connectivity index is 2.26. The van der Waals surface area contributed by atoms with Gasteiger partial charge in [-0.25, -0.2) is 4.79 Å². The lowest BCUT2D eigenvalue weighted by Gasteiger charge is -2.32. The summed E-state index contributed by atoms with van der Waals surface area (Å²) in [6.07, 6.45) is 0. The van der Waals surface area contributed by atoms with Crippen LogP contribution in [0.2, 0.25) is 0 Å². The van der Waals surface area contributed by atoms with Gasteiger partial charge in [0.1, 0.15) is 5.75 Å². The zero-order valence-corrected chi connectivity index (χ0v) is 11.5. The maximum atomic E-state index is 12.3. The molecule has 1 aliphatic heterocycles. The SMILES string of the molecule is O=C(O)C1COCCN1C(=O)c1ccc(Br)c(O)c1. The third-order valence-electron chi connectivity index (χ3n) is 2.87. The maximum absolute atomic E-state index is 12.3. The normalized spacial score (nSPS) is 19.2. The van der Waals surface area contributed by atoms with E-state index in [0.29, 0.717) is 11.1 Å². The summed E-state index contributed by atoms with van der Waals surface area (Å²) in [5.74, 6) is -1.60. The Bertz CT molecular complexity index is 519. The fourth-order valence-corrected chi connectivity index (χ4v) is 2.11. The Morgan fingerprint density at radius 3 is 2.79 bits per heavy atom. The smallest absolute Gasteiger partial charge is 0.328 e. The number of nitrogens with zero attached hydrogens (tertiary/aromatic N) is 1. The van der Waals surface area contributed by atoms with Crippen molar-refractivity contribution < 1.29 is 24.5 Å². The van der Waals surface area contributed by atoms with Crippen LogP contribution >= 0.6 is 15.9 Å². The molecule has 1 amide bonds. The van der Waals surface area contributed by atoms with Crippen molar-refractivity contribution in [2.75, 3.05) is 19.8 Å². The van der Waals surface area contributed by atoms with Gasteiger partial charge in [-0.05, 0) is 34.1 Å². The standard InChI is InChI=1S/C12H12BrNO5/c13-8-2-1-7(5-10(8)15)11(16)14-3-4-19-6-9(14)12(17)18/h1-2,5,9,15H,3-4,6H2,(H,17,18). The Hall–Kier alpha value is -1.60. The molecule has 1 saturated heterocycles. The van der Waals surface area contributed by atoms with Crippen LogP contribution in [0.5, 0.6) is 5.75 Å². The largest absolute Gasteiger partial charge is 0.507 e. The first-order chi connectivity index (χ1) is 9.00. The highest BCUT2D eigenvalue weighted by Gasteiger charge is 2.33. The Labute approximate surface area is 117 Å². The molecule has 0 aromatic heterocycles. The molecule has 1 aliphatic rings. The number of phenolic OH excluding ortho intramolecular Hbond substituents is 1. The number of carbonyl (C=O) groups is 2. The topological polar surface area (TPSA) is 87.1 Å². The van der Waals surface area contributed by atoms with Crippen LogP contribution in [-0.4, -0.2) is 52.8 Å². The molecule has 19 heavy (non-hydrogen) atoms. The molecule has 2 rings (SSSR count). The van der Waals surface area contributed by atoms with Crippen LogP contribution in [0.3, 0.4) is 0 Å². The van der Waals surface area contributed by atoms with E-state index in [4.69, 9.17) is 9.84 Å². The molecule has 1 unspecified atom stereocenters.